The number of fused-ring (bicyclic) bond motifs is 1. The molecule has 0 atom stereocenters. The summed E-state index contributed by atoms with van der Waals surface area (Å²) in [5.74, 6) is 0.163. The average Bonchev–Trinajstić information content (AvgIpc) is 3.45. The third-order valence-corrected chi connectivity index (χ3v) is 7.32. The topological polar surface area (TPSA) is 73.0 Å². The van der Waals surface area contributed by atoms with E-state index in [2.05, 4.69) is 27.9 Å². The highest BCUT2D eigenvalue weighted by molar-refractivity contribution is 8.18. The van der Waals surface area contributed by atoms with Crippen LogP contribution in [0.5, 0.6) is 5.75 Å². The minimum absolute atomic E-state index is 0.0930. The van der Waals surface area contributed by atoms with Gasteiger partial charge in [-0.15, -0.1) is 0 Å². The van der Waals surface area contributed by atoms with E-state index < -0.39 is 5.97 Å². The van der Waals surface area contributed by atoms with Crippen LogP contribution in [0, 0.1) is 6.92 Å². The van der Waals surface area contributed by atoms with Crippen molar-refractivity contribution in [2.45, 2.75) is 26.8 Å². The minimum atomic E-state index is -0.586. The third-order valence-electron chi connectivity index (χ3n) is 6.30. The van der Waals surface area contributed by atoms with Crippen LogP contribution in [0.3, 0.4) is 0 Å². The summed E-state index contributed by atoms with van der Waals surface area (Å²) in [6.45, 7) is 5.34. The second kappa shape index (κ2) is 12.1. The number of aryl methyl sites for hydroxylation is 2. The highest BCUT2D eigenvalue weighted by atomic mass is 32.2. The number of aliphatic hydroxyl groups is 1. The molecule has 3 aromatic carbocycles. The molecule has 198 valence electrons. The maximum absolute atomic E-state index is 12.8. The molecule has 7 heteroatoms. The molecule has 0 radical (unpaired) electrons. The van der Waals surface area contributed by atoms with Crippen LogP contribution < -0.4 is 4.74 Å². The number of para-hydroxylation sites is 2. The van der Waals surface area contributed by atoms with E-state index in [-0.39, 0.29) is 17.9 Å². The van der Waals surface area contributed by atoms with E-state index in [1.807, 2.05) is 79.7 Å². The van der Waals surface area contributed by atoms with Gasteiger partial charge in [0.15, 0.2) is 0 Å². The van der Waals surface area contributed by atoms with Gasteiger partial charge in [-0.3, -0.25) is 0 Å². The lowest BCUT2D eigenvalue weighted by molar-refractivity contribution is -0.138. The van der Waals surface area contributed by atoms with E-state index >= 15 is 0 Å². The standard InChI is InChI=1S/C32H30N2O4S/c1-3-37-32(36)29-30(35)28(39-31(29)33-24-16-14-22(2)15-17-24)20-23-21-34(27-13-8-7-12-26(23)27)18-9-19-38-25-10-5-4-6-11-25/h4-8,10-17,20-21,35H,3,9,18-19H2,1-2H3/b28-20-,33-31?. The third kappa shape index (κ3) is 6.10. The molecule has 1 N–H and O–H groups in total. The Bertz CT molecular complexity index is 1570. The van der Waals surface area contributed by atoms with Crippen LogP contribution in [-0.4, -0.2) is 33.9 Å². The summed E-state index contributed by atoms with van der Waals surface area (Å²) < 4.78 is 13.3. The van der Waals surface area contributed by atoms with Crippen LogP contribution in [0.2, 0.25) is 0 Å². The highest BCUT2D eigenvalue weighted by Crippen LogP contribution is 2.41. The lowest BCUT2D eigenvalue weighted by atomic mass is 10.1. The molecule has 1 aliphatic rings. The van der Waals surface area contributed by atoms with Crippen molar-refractivity contribution >= 4 is 45.4 Å². The lowest BCUT2D eigenvalue weighted by Gasteiger charge is -2.07. The number of carbonyl (C=O) groups is 1. The molecule has 0 fully saturated rings. The maximum Gasteiger partial charge on any atom is 0.344 e. The van der Waals surface area contributed by atoms with Crippen LogP contribution in [0.15, 0.2) is 106 Å². The summed E-state index contributed by atoms with van der Waals surface area (Å²) in [7, 11) is 0. The zero-order valence-corrected chi connectivity index (χ0v) is 22.8. The van der Waals surface area contributed by atoms with Crippen molar-refractivity contribution in [2.24, 2.45) is 4.99 Å². The monoisotopic (exact) mass is 538 g/mol. The van der Waals surface area contributed by atoms with E-state index in [1.165, 1.54) is 11.8 Å². The van der Waals surface area contributed by atoms with Gasteiger partial charge < -0.3 is 19.1 Å². The van der Waals surface area contributed by atoms with Crippen molar-refractivity contribution in [3.05, 3.63) is 112 Å². The first-order chi connectivity index (χ1) is 19.0. The first-order valence-corrected chi connectivity index (χ1v) is 13.8. The Morgan fingerprint density at radius 2 is 1.77 bits per heavy atom. The van der Waals surface area contributed by atoms with E-state index in [0.29, 0.717) is 22.2 Å². The van der Waals surface area contributed by atoms with E-state index in [0.717, 1.165) is 40.7 Å². The van der Waals surface area contributed by atoms with Crippen molar-refractivity contribution in [1.29, 1.82) is 0 Å². The quantitative estimate of drug-likeness (QED) is 0.175. The number of aliphatic hydroxyl groups excluding tert-OH is 1. The largest absolute Gasteiger partial charge is 0.506 e. The van der Waals surface area contributed by atoms with Gasteiger partial charge in [0.25, 0.3) is 0 Å². The van der Waals surface area contributed by atoms with Gasteiger partial charge in [-0.1, -0.05) is 65.9 Å². The summed E-state index contributed by atoms with van der Waals surface area (Å²) in [6.07, 6.45) is 4.83. The molecule has 0 unspecified atom stereocenters. The minimum Gasteiger partial charge on any atom is -0.506 e. The van der Waals surface area contributed by atoms with Crippen LogP contribution in [0.25, 0.3) is 17.0 Å². The first kappa shape index (κ1) is 26.4. The number of aromatic nitrogens is 1. The normalized spacial score (nSPS) is 15.4. The van der Waals surface area contributed by atoms with Gasteiger partial charge in [0.2, 0.25) is 0 Å². The fourth-order valence-electron chi connectivity index (χ4n) is 4.39. The molecule has 0 saturated carbocycles. The summed E-state index contributed by atoms with van der Waals surface area (Å²) in [5.41, 5.74) is 3.95. The smallest absolute Gasteiger partial charge is 0.344 e. The molecule has 39 heavy (non-hydrogen) atoms. The molecule has 1 aliphatic heterocycles. The molecule has 0 spiro atoms. The Labute approximate surface area is 232 Å². The van der Waals surface area contributed by atoms with Gasteiger partial charge in [-0.25, -0.2) is 9.79 Å². The van der Waals surface area contributed by atoms with Gasteiger partial charge in [0, 0.05) is 29.2 Å². The van der Waals surface area contributed by atoms with Crippen molar-refractivity contribution in [2.75, 3.05) is 13.2 Å². The Morgan fingerprint density at radius 3 is 2.54 bits per heavy atom. The molecule has 2 heterocycles. The SMILES string of the molecule is CCOC(=O)C1=C(O)/C(=C/c2cn(CCCOc3ccccc3)c3ccccc23)SC1=Nc1ccc(C)cc1. The van der Waals surface area contributed by atoms with Gasteiger partial charge in [-0.05, 0) is 56.7 Å². The molecule has 6 nitrogen and oxygen atoms in total. The van der Waals surface area contributed by atoms with Crippen molar-refractivity contribution in [3.8, 4) is 5.75 Å². The molecule has 1 aromatic heterocycles. The summed E-state index contributed by atoms with van der Waals surface area (Å²) in [5, 5.41) is 12.6. The molecule has 0 saturated heterocycles. The molecule has 0 aliphatic carbocycles. The number of hydrogen-bond acceptors (Lipinski definition) is 6. The molecule has 5 rings (SSSR count). The van der Waals surface area contributed by atoms with Gasteiger partial charge in [0.05, 0.1) is 23.8 Å². The number of hydrogen-bond donors (Lipinski definition) is 1. The second-order valence-electron chi connectivity index (χ2n) is 9.12. The summed E-state index contributed by atoms with van der Waals surface area (Å²) in [4.78, 5) is 18.0. The first-order valence-electron chi connectivity index (χ1n) is 12.9. The van der Waals surface area contributed by atoms with E-state index in [1.54, 1.807) is 6.92 Å². The Kier molecular flexibility index (Phi) is 8.18. The zero-order valence-electron chi connectivity index (χ0n) is 22.0. The number of nitrogens with zero attached hydrogens (tertiary/aromatic N) is 2. The Hall–Kier alpha value is -4.23. The summed E-state index contributed by atoms with van der Waals surface area (Å²) in [6, 6.07) is 25.7. The molecule has 0 bridgehead atoms. The number of esters is 1. The Morgan fingerprint density at radius 1 is 1.03 bits per heavy atom. The number of thioether (sulfide) groups is 1. The number of ether oxygens (including phenoxy) is 2. The van der Waals surface area contributed by atoms with Crippen LogP contribution in [0.4, 0.5) is 5.69 Å². The molecule has 4 aromatic rings. The number of carbonyl (C=O) groups excluding carboxylic acids is 1. The Balaban J connectivity index is 1.43. The molecular formula is C32H30N2O4S. The number of aliphatic imine (C=N–C) groups is 1. The van der Waals surface area contributed by atoms with Crippen molar-refractivity contribution in [3.63, 3.8) is 0 Å². The highest BCUT2D eigenvalue weighted by Gasteiger charge is 2.33. The summed E-state index contributed by atoms with van der Waals surface area (Å²) >= 11 is 1.27. The number of benzene rings is 3. The average molecular weight is 539 g/mol. The van der Waals surface area contributed by atoms with Gasteiger partial charge in [0.1, 0.15) is 22.1 Å². The maximum atomic E-state index is 12.8. The zero-order chi connectivity index (χ0) is 27.2. The molecule has 0 amide bonds. The lowest BCUT2D eigenvalue weighted by Crippen LogP contribution is -2.12. The van der Waals surface area contributed by atoms with Crippen LogP contribution in [-0.2, 0) is 16.1 Å². The van der Waals surface area contributed by atoms with Crippen molar-refractivity contribution < 1.29 is 19.4 Å². The van der Waals surface area contributed by atoms with Crippen LogP contribution in [0.1, 0.15) is 24.5 Å². The van der Waals surface area contributed by atoms with Crippen molar-refractivity contribution in [1.82, 2.24) is 4.57 Å². The van der Waals surface area contributed by atoms with Crippen LogP contribution >= 0.6 is 11.8 Å². The predicted molar refractivity (Wildman–Crippen MR) is 159 cm³/mol. The molecular weight excluding hydrogens is 508 g/mol. The fraction of sp³-hybridized carbons (Fsp3) is 0.188. The van der Waals surface area contributed by atoms with Gasteiger partial charge >= 0.3 is 5.97 Å². The second-order valence-corrected chi connectivity index (χ2v) is 10.1. The van der Waals surface area contributed by atoms with Gasteiger partial charge in [-0.2, -0.15) is 0 Å². The predicted octanol–water partition coefficient (Wildman–Crippen LogP) is 7.61. The fourth-order valence-corrected chi connectivity index (χ4v) is 5.41. The number of rotatable bonds is 9. The van der Waals surface area contributed by atoms with E-state index in [9.17, 15) is 9.90 Å². The van der Waals surface area contributed by atoms with E-state index in [4.69, 9.17) is 9.47 Å².